The lowest BCUT2D eigenvalue weighted by atomic mass is 9.95. The van der Waals surface area contributed by atoms with Gasteiger partial charge >= 0.3 is 5.97 Å². The van der Waals surface area contributed by atoms with Crippen molar-refractivity contribution in [1.29, 1.82) is 0 Å². The van der Waals surface area contributed by atoms with Crippen LogP contribution in [0, 0.1) is 5.92 Å². The van der Waals surface area contributed by atoms with Gasteiger partial charge < -0.3 is 20.3 Å². The first-order valence-corrected chi connectivity index (χ1v) is 20.0. The highest BCUT2D eigenvalue weighted by Crippen LogP contribution is 2.26. The minimum absolute atomic E-state index is 0.0904. The van der Waals surface area contributed by atoms with E-state index in [4.69, 9.17) is 10.5 Å². The van der Waals surface area contributed by atoms with Crippen LogP contribution in [0.15, 0.2) is 35.3 Å². The number of guanidine groups is 1. The van der Waals surface area contributed by atoms with Crippen LogP contribution in [0.1, 0.15) is 96.5 Å². The van der Waals surface area contributed by atoms with E-state index in [1.165, 1.54) is 16.1 Å². The summed E-state index contributed by atoms with van der Waals surface area (Å²) in [5.41, 5.74) is 6.42. The minimum Gasteiger partial charge on any atom is -0.466 e. The topological polar surface area (TPSA) is 189 Å². The van der Waals surface area contributed by atoms with Crippen LogP contribution in [-0.4, -0.2) is 109 Å². The number of benzene rings is 1. The molecular formula is C36H56N6O8S. The fraction of sp³-hybridized carbons (Fsp3) is 0.667. The van der Waals surface area contributed by atoms with Crippen LogP contribution < -0.4 is 11.1 Å². The van der Waals surface area contributed by atoms with Crippen molar-refractivity contribution in [3.05, 3.63) is 35.9 Å². The monoisotopic (exact) mass is 732 g/mol. The number of likely N-dealkylation sites (tertiary alicyclic amines) is 2. The van der Waals surface area contributed by atoms with Gasteiger partial charge in [0.25, 0.3) is 0 Å². The fourth-order valence-corrected chi connectivity index (χ4v) is 7.70. The van der Waals surface area contributed by atoms with Gasteiger partial charge in [0.2, 0.25) is 39.6 Å². The molecule has 2 aliphatic heterocycles. The molecular weight excluding hydrogens is 676 g/mol. The largest absolute Gasteiger partial charge is 0.466 e. The quantitative estimate of drug-likeness (QED) is 0.0990. The van der Waals surface area contributed by atoms with Gasteiger partial charge in [0, 0.05) is 45.9 Å². The first kappa shape index (κ1) is 41.6. The zero-order valence-corrected chi connectivity index (χ0v) is 31.2. The van der Waals surface area contributed by atoms with E-state index in [0.717, 1.165) is 31.1 Å². The maximum Gasteiger partial charge on any atom is 0.302 e. The lowest BCUT2D eigenvalue weighted by Crippen LogP contribution is -2.56. The number of carbonyl (C=O) groups is 5. The normalized spacial score (nSPS) is 17.7. The second kappa shape index (κ2) is 20.9. The van der Waals surface area contributed by atoms with Crippen molar-refractivity contribution in [2.75, 3.05) is 39.0 Å². The highest BCUT2D eigenvalue weighted by Gasteiger charge is 2.42. The van der Waals surface area contributed by atoms with E-state index >= 15 is 0 Å². The first-order chi connectivity index (χ1) is 24.3. The van der Waals surface area contributed by atoms with Gasteiger partial charge in [-0.15, -0.1) is 0 Å². The Labute approximate surface area is 302 Å². The summed E-state index contributed by atoms with van der Waals surface area (Å²) in [6.45, 7) is 4.94. The average Bonchev–Trinajstić information content (AvgIpc) is 3.58. The second-order valence-corrected chi connectivity index (χ2v) is 15.5. The molecule has 0 spiro atoms. The van der Waals surface area contributed by atoms with E-state index in [-0.39, 0.29) is 49.0 Å². The zero-order chi connectivity index (χ0) is 37.4. The summed E-state index contributed by atoms with van der Waals surface area (Å²) in [6.07, 6.45) is 8.29. The van der Waals surface area contributed by atoms with Gasteiger partial charge in [0.1, 0.15) is 12.1 Å². The summed E-state index contributed by atoms with van der Waals surface area (Å²) >= 11 is 0. The van der Waals surface area contributed by atoms with Gasteiger partial charge in [-0.05, 0) is 69.3 Å². The summed E-state index contributed by atoms with van der Waals surface area (Å²) < 4.78 is 33.0. The molecule has 2 saturated heterocycles. The summed E-state index contributed by atoms with van der Waals surface area (Å²) in [7, 11) is -3.88. The van der Waals surface area contributed by atoms with E-state index in [1.807, 2.05) is 35.2 Å². The standard InChI is InChI=1S/C36H56N6O8S/c1-4-5-8-17-32(44)38-36(39-33(45)18-11-7-12-24-50-27(2)43)40-22-19-29(20-23-40)26-42(51(3,48)49)31(25-28-14-9-6-10-15-28)35(47)41-21-13-16-30(41)34(37)46/h6,9-10,14-15,29-31H,4-5,7-8,11-13,16-26H2,1-3H3,(H2,37,46)(H,38,39,44,45)/t30-,31+/m0/s1. The number of nitrogens with one attached hydrogen (secondary N) is 1. The second-order valence-electron chi connectivity index (χ2n) is 13.5. The van der Waals surface area contributed by atoms with Crippen LogP contribution in [0.2, 0.25) is 0 Å². The van der Waals surface area contributed by atoms with Crippen LogP contribution >= 0.6 is 0 Å². The number of hydrogen-bond acceptors (Lipinski definition) is 8. The third-order valence-corrected chi connectivity index (χ3v) is 10.6. The molecule has 2 aliphatic rings. The van der Waals surface area contributed by atoms with Crippen LogP contribution in [0.25, 0.3) is 0 Å². The number of rotatable bonds is 18. The molecule has 15 heteroatoms. The summed E-state index contributed by atoms with van der Waals surface area (Å²) in [6, 6.07) is 7.35. The van der Waals surface area contributed by atoms with Gasteiger partial charge in [0.05, 0.1) is 12.9 Å². The molecule has 2 heterocycles. The molecule has 2 atom stereocenters. The molecule has 0 aromatic heterocycles. The number of carbonyl (C=O) groups excluding carboxylic acids is 5. The molecule has 3 rings (SSSR count). The minimum atomic E-state index is -3.88. The van der Waals surface area contributed by atoms with Crippen LogP contribution in [0.3, 0.4) is 0 Å². The van der Waals surface area contributed by atoms with Crippen LogP contribution in [-0.2, 0) is 45.2 Å². The van der Waals surface area contributed by atoms with Crippen molar-refractivity contribution in [2.24, 2.45) is 16.6 Å². The first-order valence-electron chi connectivity index (χ1n) is 18.2. The average molecular weight is 733 g/mol. The molecule has 1 aromatic carbocycles. The van der Waals surface area contributed by atoms with E-state index in [9.17, 15) is 32.4 Å². The molecule has 284 valence electrons. The predicted octanol–water partition coefficient (Wildman–Crippen LogP) is 2.75. The molecule has 51 heavy (non-hydrogen) atoms. The van der Waals surface area contributed by atoms with E-state index < -0.39 is 33.9 Å². The number of ether oxygens (including phenoxy) is 1. The van der Waals surface area contributed by atoms with Gasteiger partial charge in [-0.3, -0.25) is 29.3 Å². The molecule has 0 aliphatic carbocycles. The molecule has 1 aromatic rings. The Morgan fingerprint density at radius 2 is 1.67 bits per heavy atom. The number of primary amides is 1. The molecule has 4 amide bonds. The molecule has 14 nitrogen and oxygen atoms in total. The molecule has 0 bridgehead atoms. The zero-order valence-electron chi connectivity index (χ0n) is 30.4. The number of nitrogens with zero attached hydrogens (tertiary/aromatic N) is 4. The van der Waals surface area contributed by atoms with E-state index in [2.05, 4.69) is 17.2 Å². The Bertz CT molecular complexity index is 1460. The Morgan fingerprint density at radius 3 is 2.29 bits per heavy atom. The number of unbranched alkanes of at least 4 members (excludes halogenated alkanes) is 4. The lowest BCUT2D eigenvalue weighted by Gasteiger charge is -2.38. The highest BCUT2D eigenvalue weighted by atomic mass is 32.2. The highest BCUT2D eigenvalue weighted by molar-refractivity contribution is 7.88. The van der Waals surface area contributed by atoms with Gasteiger partial charge in [-0.2, -0.15) is 9.30 Å². The third-order valence-electron chi connectivity index (χ3n) is 9.38. The van der Waals surface area contributed by atoms with Crippen molar-refractivity contribution in [3.8, 4) is 0 Å². The molecule has 2 fully saturated rings. The lowest BCUT2D eigenvalue weighted by molar-refractivity contribution is -0.141. The Kier molecular flexibility index (Phi) is 17.0. The maximum absolute atomic E-state index is 14.1. The molecule has 0 saturated carbocycles. The number of aliphatic imine (C=N–C) groups is 1. The smallest absolute Gasteiger partial charge is 0.302 e. The van der Waals surface area contributed by atoms with Crippen molar-refractivity contribution in [2.45, 2.75) is 109 Å². The summed E-state index contributed by atoms with van der Waals surface area (Å²) in [4.78, 5) is 70.5. The van der Waals surface area contributed by atoms with E-state index in [1.54, 1.807) is 0 Å². The Balaban J connectivity index is 1.74. The van der Waals surface area contributed by atoms with E-state index in [0.29, 0.717) is 77.6 Å². The van der Waals surface area contributed by atoms with Crippen molar-refractivity contribution < 1.29 is 37.1 Å². The number of piperidine rings is 1. The van der Waals surface area contributed by atoms with Crippen molar-refractivity contribution in [3.63, 3.8) is 0 Å². The predicted molar refractivity (Wildman–Crippen MR) is 194 cm³/mol. The number of sulfonamides is 1. The maximum atomic E-state index is 14.1. The Hall–Kier alpha value is -3.85. The van der Waals surface area contributed by atoms with Gasteiger partial charge in [-0.25, -0.2) is 8.42 Å². The van der Waals surface area contributed by atoms with Crippen molar-refractivity contribution in [1.82, 2.24) is 19.4 Å². The summed E-state index contributed by atoms with van der Waals surface area (Å²) in [5, 5.41) is 2.85. The number of nitrogens with two attached hydrogens (primary N) is 1. The number of amides is 4. The SMILES string of the molecule is CCCCCC(=O)NC(=NC(=O)CCCCCOC(C)=O)N1CCC(CN([C@H](Cc2ccccc2)C(=O)N2CCC[C@H]2C(N)=O)S(C)(=O)=O)CC1. The fourth-order valence-electron chi connectivity index (χ4n) is 6.59. The molecule has 0 radical (unpaired) electrons. The van der Waals surface area contributed by atoms with Crippen molar-refractivity contribution >= 4 is 45.6 Å². The molecule has 0 unspecified atom stereocenters. The summed E-state index contributed by atoms with van der Waals surface area (Å²) in [5.74, 6) is -1.90. The number of hydrogen-bond donors (Lipinski definition) is 2. The number of esters is 1. The molecule has 3 N–H and O–H groups in total. The van der Waals surface area contributed by atoms with Crippen LogP contribution in [0.5, 0.6) is 0 Å². The van der Waals surface area contributed by atoms with Gasteiger partial charge in [0.15, 0.2) is 0 Å². The third kappa shape index (κ3) is 14.0. The Morgan fingerprint density at radius 1 is 0.980 bits per heavy atom. The van der Waals surface area contributed by atoms with Gasteiger partial charge in [-0.1, -0.05) is 50.1 Å². The van der Waals surface area contributed by atoms with Crippen LogP contribution in [0.4, 0.5) is 0 Å².